The number of anilines is 3. The van der Waals surface area contributed by atoms with Crippen LogP contribution in [-0.2, 0) is 17.8 Å². The monoisotopic (exact) mass is 434 g/mol. The maximum Gasteiger partial charge on any atom is 0.246 e. The van der Waals surface area contributed by atoms with E-state index in [9.17, 15) is 4.79 Å². The van der Waals surface area contributed by atoms with Crippen molar-refractivity contribution in [3.05, 3.63) is 60.2 Å². The van der Waals surface area contributed by atoms with Crippen molar-refractivity contribution in [1.29, 1.82) is 0 Å². The van der Waals surface area contributed by atoms with Crippen molar-refractivity contribution in [2.24, 2.45) is 5.73 Å². The summed E-state index contributed by atoms with van der Waals surface area (Å²) in [5.41, 5.74) is 9.32. The third-order valence-electron chi connectivity index (χ3n) is 6.41. The lowest BCUT2D eigenvalue weighted by molar-refractivity contribution is -0.126. The Morgan fingerprint density at radius 3 is 2.41 bits per heavy atom. The van der Waals surface area contributed by atoms with Crippen LogP contribution in [0.25, 0.3) is 0 Å². The van der Waals surface area contributed by atoms with Crippen molar-refractivity contribution in [2.75, 3.05) is 56.0 Å². The number of amides is 1. The highest BCUT2D eigenvalue weighted by atomic mass is 16.2. The highest BCUT2D eigenvalue weighted by molar-refractivity contribution is 5.87. The van der Waals surface area contributed by atoms with Gasteiger partial charge < -0.3 is 25.8 Å². The van der Waals surface area contributed by atoms with E-state index in [1.165, 1.54) is 37.6 Å². The third-order valence-corrected chi connectivity index (χ3v) is 6.41. The fourth-order valence-corrected chi connectivity index (χ4v) is 4.40. The number of aromatic nitrogens is 1. The molecule has 0 aliphatic carbocycles. The highest BCUT2D eigenvalue weighted by Gasteiger charge is 2.21. The normalized spacial score (nSPS) is 16.9. The number of piperazine rings is 1. The molecule has 2 fully saturated rings. The molecular formula is C25H34N6O. The number of hydrogen-bond donors (Lipinski definition) is 2. The lowest BCUT2D eigenvalue weighted by Crippen LogP contribution is -2.48. The van der Waals surface area contributed by atoms with Crippen LogP contribution >= 0.6 is 0 Å². The van der Waals surface area contributed by atoms with E-state index in [4.69, 9.17) is 10.7 Å². The first-order valence-electron chi connectivity index (χ1n) is 11.6. The molecule has 3 heterocycles. The van der Waals surface area contributed by atoms with Gasteiger partial charge in [0.1, 0.15) is 11.6 Å². The van der Waals surface area contributed by atoms with E-state index in [0.717, 1.165) is 48.9 Å². The number of nitrogens with zero attached hydrogens (tertiary/aromatic N) is 4. The lowest BCUT2D eigenvalue weighted by Gasteiger charge is -2.35. The molecule has 1 aromatic heterocycles. The molecule has 2 aromatic rings. The van der Waals surface area contributed by atoms with Crippen molar-refractivity contribution in [3.8, 4) is 0 Å². The molecule has 0 spiro atoms. The molecule has 0 atom stereocenters. The minimum Gasteiger partial charge on any atom is -0.353 e. The van der Waals surface area contributed by atoms with Gasteiger partial charge in [-0.05, 0) is 62.2 Å². The number of nitrogens with two attached hydrogens (primary N) is 1. The zero-order chi connectivity index (χ0) is 22.3. The van der Waals surface area contributed by atoms with E-state index < -0.39 is 0 Å². The number of benzene rings is 1. The van der Waals surface area contributed by atoms with Gasteiger partial charge in [-0.15, -0.1) is 0 Å². The molecule has 4 rings (SSSR count). The first-order valence-corrected chi connectivity index (χ1v) is 11.6. The molecule has 0 unspecified atom stereocenters. The molecule has 32 heavy (non-hydrogen) atoms. The van der Waals surface area contributed by atoms with Gasteiger partial charge in [-0.2, -0.15) is 0 Å². The molecule has 1 amide bonds. The summed E-state index contributed by atoms with van der Waals surface area (Å²) < 4.78 is 0. The van der Waals surface area contributed by atoms with Crippen LogP contribution in [0.1, 0.15) is 24.0 Å². The molecule has 2 saturated heterocycles. The van der Waals surface area contributed by atoms with Gasteiger partial charge in [-0.1, -0.05) is 24.8 Å². The summed E-state index contributed by atoms with van der Waals surface area (Å²) in [7, 11) is 0. The molecule has 3 N–H and O–H groups in total. The average molecular weight is 435 g/mol. The van der Waals surface area contributed by atoms with Gasteiger partial charge >= 0.3 is 0 Å². The van der Waals surface area contributed by atoms with Crippen LogP contribution in [0.3, 0.4) is 0 Å². The smallest absolute Gasteiger partial charge is 0.246 e. The summed E-state index contributed by atoms with van der Waals surface area (Å²) in [6.45, 7) is 10.5. The highest BCUT2D eigenvalue weighted by Crippen LogP contribution is 2.24. The Balaban J connectivity index is 1.39. The molecule has 2 aliphatic rings. The molecule has 2 aliphatic heterocycles. The number of nitrogens with one attached hydrogen (secondary N) is 1. The number of pyridine rings is 1. The molecule has 1 aromatic carbocycles. The number of likely N-dealkylation sites (tertiary alicyclic amines) is 1. The standard InChI is InChI=1S/C25H34N6O/c1-2-24(32)31-17-15-30(16-18-31)23-10-7-21(19-26)25(28-23)27-22-8-5-20(6-9-22)11-14-29-12-3-4-13-29/h2,5-10H,1,3-4,11-19,26H2,(H,27,28). The first-order chi connectivity index (χ1) is 15.7. The van der Waals surface area contributed by atoms with E-state index >= 15 is 0 Å². The summed E-state index contributed by atoms with van der Waals surface area (Å²) in [6, 6.07) is 12.7. The first kappa shape index (κ1) is 22.3. The second-order valence-corrected chi connectivity index (χ2v) is 8.52. The van der Waals surface area contributed by atoms with Crippen LogP contribution in [0.2, 0.25) is 0 Å². The Labute approximate surface area is 190 Å². The van der Waals surface area contributed by atoms with Crippen molar-refractivity contribution in [3.63, 3.8) is 0 Å². The second kappa shape index (κ2) is 10.6. The molecule has 7 heteroatoms. The Morgan fingerprint density at radius 1 is 1.03 bits per heavy atom. The van der Waals surface area contributed by atoms with Crippen LogP contribution in [0, 0.1) is 0 Å². The van der Waals surface area contributed by atoms with Crippen LogP contribution < -0.4 is 16.0 Å². The minimum absolute atomic E-state index is 0.0117. The third kappa shape index (κ3) is 5.47. The van der Waals surface area contributed by atoms with Gasteiger partial charge in [0.2, 0.25) is 5.91 Å². The van der Waals surface area contributed by atoms with E-state index in [1.807, 2.05) is 17.0 Å². The molecule has 7 nitrogen and oxygen atoms in total. The predicted octanol–water partition coefficient (Wildman–Crippen LogP) is 2.76. The van der Waals surface area contributed by atoms with E-state index in [0.29, 0.717) is 19.6 Å². The fraction of sp³-hybridized carbons (Fsp3) is 0.440. The van der Waals surface area contributed by atoms with Crippen LogP contribution in [-0.4, -0.2) is 66.5 Å². The summed E-state index contributed by atoms with van der Waals surface area (Å²) in [5.74, 6) is 1.68. The molecule has 0 bridgehead atoms. The van der Waals surface area contributed by atoms with E-state index in [2.05, 4.69) is 46.0 Å². The van der Waals surface area contributed by atoms with E-state index in [1.54, 1.807) is 0 Å². The predicted molar refractivity (Wildman–Crippen MR) is 130 cm³/mol. The zero-order valence-electron chi connectivity index (χ0n) is 18.8. The Kier molecular flexibility index (Phi) is 7.39. The zero-order valence-corrected chi connectivity index (χ0v) is 18.8. The SMILES string of the molecule is C=CC(=O)N1CCN(c2ccc(CN)c(Nc3ccc(CCN4CCCC4)cc3)n2)CC1. The van der Waals surface area contributed by atoms with Crippen molar-refractivity contribution >= 4 is 23.2 Å². The molecule has 170 valence electrons. The largest absolute Gasteiger partial charge is 0.353 e. The molecular weight excluding hydrogens is 400 g/mol. The number of rotatable bonds is 8. The van der Waals surface area contributed by atoms with Gasteiger partial charge in [-0.3, -0.25) is 4.79 Å². The Bertz CT molecular complexity index is 915. The number of hydrogen-bond acceptors (Lipinski definition) is 6. The van der Waals surface area contributed by atoms with Crippen molar-refractivity contribution in [2.45, 2.75) is 25.8 Å². The quantitative estimate of drug-likeness (QED) is 0.622. The van der Waals surface area contributed by atoms with Gasteiger partial charge in [0.05, 0.1) is 0 Å². The van der Waals surface area contributed by atoms with Gasteiger partial charge in [0, 0.05) is 50.5 Å². The average Bonchev–Trinajstić information content (AvgIpc) is 3.37. The Morgan fingerprint density at radius 2 is 1.75 bits per heavy atom. The summed E-state index contributed by atoms with van der Waals surface area (Å²) in [6.07, 6.45) is 5.13. The van der Waals surface area contributed by atoms with Crippen LogP contribution in [0.4, 0.5) is 17.3 Å². The molecule has 0 radical (unpaired) electrons. The maximum atomic E-state index is 11.8. The number of carbonyl (C=O) groups is 1. The van der Waals surface area contributed by atoms with Crippen LogP contribution in [0.15, 0.2) is 49.1 Å². The number of carbonyl (C=O) groups excluding carboxylic acids is 1. The van der Waals surface area contributed by atoms with Crippen LogP contribution in [0.5, 0.6) is 0 Å². The second-order valence-electron chi connectivity index (χ2n) is 8.52. The van der Waals surface area contributed by atoms with Gasteiger partial charge in [-0.25, -0.2) is 4.98 Å². The summed E-state index contributed by atoms with van der Waals surface area (Å²) in [4.78, 5) is 23.3. The maximum absolute atomic E-state index is 11.8. The summed E-state index contributed by atoms with van der Waals surface area (Å²) >= 11 is 0. The van der Waals surface area contributed by atoms with E-state index in [-0.39, 0.29) is 5.91 Å². The van der Waals surface area contributed by atoms with Gasteiger partial charge in [0.25, 0.3) is 0 Å². The summed E-state index contributed by atoms with van der Waals surface area (Å²) in [5, 5.41) is 3.46. The van der Waals surface area contributed by atoms with Crippen molar-refractivity contribution < 1.29 is 4.79 Å². The molecule has 0 saturated carbocycles. The minimum atomic E-state index is -0.0117. The topological polar surface area (TPSA) is 77.7 Å². The fourth-order valence-electron chi connectivity index (χ4n) is 4.40. The van der Waals surface area contributed by atoms with Gasteiger partial charge in [0.15, 0.2) is 0 Å². The lowest BCUT2D eigenvalue weighted by atomic mass is 10.1. The van der Waals surface area contributed by atoms with Crippen molar-refractivity contribution in [1.82, 2.24) is 14.8 Å². The Hall–Kier alpha value is -2.90.